The Hall–Kier alpha value is -1.59. The number of rotatable bonds is 1. The standard InChI is InChI=1S/C16H12Cl2F3NO/c1-15(2)13-9(18)6-8(17)7-11(13)22-10-4-3-5-12(14(10)15)23-16(19,20)21/h3-7,22H,1-2H3. The fourth-order valence-corrected chi connectivity index (χ4v) is 3.80. The molecule has 0 fully saturated rings. The Labute approximate surface area is 141 Å². The van der Waals surface area contributed by atoms with Crippen LogP contribution < -0.4 is 10.1 Å². The molecule has 0 aliphatic carbocycles. The molecule has 0 unspecified atom stereocenters. The van der Waals surface area contributed by atoms with Crippen LogP contribution in [0.3, 0.4) is 0 Å². The summed E-state index contributed by atoms with van der Waals surface area (Å²) >= 11 is 12.3. The second-order valence-electron chi connectivity index (χ2n) is 5.79. The van der Waals surface area contributed by atoms with E-state index < -0.39 is 11.8 Å². The molecular formula is C16H12Cl2F3NO. The number of fused-ring (bicyclic) bond motifs is 2. The van der Waals surface area contributed by atoms with Gasteiger partial charge in [0.05, 0.1) is 0 Å². The lowest BCUT2D eigenvalue weighted by molar-refractivity contribution is -0.275. The number of alkyl halides is 3. The number of hydrogen-bond acceptors (Lipinski definition) is 2. The minimum Gasteiger partial charge on any atom is -0.405 e. The van der Waals surface area contributed by atoms with Gasteiger partial charge in [-0.1, -0.05) is 43.1 Å². The van der Waals surface area contributed by atoms with Gasteiger partial charge in [0.2, 0.25) is 0 Å². The highest BCUT2D eigenvalue weighted by atomic mass is 35.5. The first-order chi connectivity index (χ1) is 10.6. The Morgan fingerprint density at radius 3 is 2.39 bits per heavy atom. The average Bonchev–Trinajstić information content (AvgIpc) is 2.34. The zero-order valence-corrected chi connectivity index (χ0v) is 13.7. The number of ether oxygens (including phenoxy) is 1. The molecule has 0 spiro atoms. The van der Waals surface area contributed by atoms with Crippen LogP contribution in [0, 0.1) is 0 Å². The summed E-state index contributed by atoms with van der Waals surface area (Å²) in [6, 6.07) is 7.76. The van der Waals surface area contributed by atoms with Gasteiger partial charge in [0.1, 0.15) is 5.75 Å². The fourth-order valence-electron chi connectivity index (χ4n) is 3.07. The largest absolute Gasteiger partial charge is 0.573 e. The zero-order valence-electron chi connectivity index (χ0n) is 12.2. The topological polar surface area (TPSA) is 21.3 Å². The molecule has 0 radical (unpaired) electrons. The van der Waals surface area contributed by atoms with Crippen molar-refractivity contribution in [2.75, 3.05) is 5.32 Å². The lowest BCUT2D eigenvalue weighted by atomic mass is 9.74. The molecule has 1 heterocycles. The third kappa shape index (κ3) is 2.83. The Kier molecular flexibility index (Phi) is 3.69. The molecule has 23 heavy (non-hydrogen) atoms. The molecule has 0 saturated heterocycles. The van der Waals surface area contributed by atoms with Crippen LogP contribution in [-0.4, -0.2) is 6.36 Å². The van der Waals surface area contributed by atoms with Crippen molar-refractivity contribution in [2.45, 2.75) is 25.6 Å². The number of benzene rings is 2. The maximum absolute atomic E-state index is 12.7. The molecule has 0 atom stereocenters. The highest BCUT2D eigenvalue weighted by molar-refractivity contribution is 6.36. The number of anilines is 2. The van der Waals surface area contributed by atoms with Crippen LogP contribution in [0.4, 0.5) is 24.5 Å². The molecule has 0 saturated carbocycles. The van der Waals surface area contributed by atoms with Crippen LogP contribution in [0.2, 0.25) is 10.0 Å². The summed E-state index contributed by atoms with van der Waals surface area (Å²) in [6.07, 6.45) is -4.77. The monoisotopic (exact) mass is 361 g/mol. The van der Waals surface area contributed by atoms with Crippen LogP contribution in [0.1, 0.15) is 25.0 Å². The first-order valence-electron chi connectivity index (χ1n) is 6.75. The van der Waals surface area contributed by atoms with Crippen molar-refractivity contribution >= 4 is 34.6 Å². The van der Waals surface area contributed by atoms with E-state index in [0.717, 1.165) is 0 Å². The first-order valence-corrected chi connectivity index (χ1v) is 7.51. The smallest absolute Gasteiger partial charge is 0.405 e. The molecule has 7 heteroatoms. The summed E-state index contributed by atoms with van der Waals surface area (Å²) in [5.41, 5.74) is 1.48. The van der Waals surface area contributed by atoms with Crippen molar-refractivity contribution < 1.29 is 17.9 Å². The van der Waals surface area contributed by atoms with Gasteiger partial charge in [-0.3, -0.25) is 0 Å². The van der Waals surface area contributed by atoms with E-state index in [2.05, 4.69) is 10.1 Å². The number of halogens is 5. The normalized spacial score (nSPS) is 15.4. The minimum absolute atomic E-state index is 0.246. The molecule has 3 rings (SSSR count). The average molecular weight is 362 g/mol. The highest BCUT2D eigenvalue weighted by Crippen LogP contribution is 2.52. The molecule has 2 aromatic carbocycles. The molecule has 122 valence electrons. The van der Waals surface area contributed by atoms with Crippen molar-refractivity contribution in [3.63, 3.8) is 0 Å². The summed E-state index contributed by atoms with van der Waals surface area (Å²) in [5, 5.41) is 3.92. The van der Waals surface area contributed by atoms with Crippen LogP contribution in [-0.2, 0) is 5.41 Å². The first kappa shape index (κ1) is 16.3. The maximum Gasteiger partial charge on any atom is 0.573 e. The van der Waals surface area contributed by atoms with Gasteiger partial charge in [-0.05, 0) is 24.3 Å². The van der Waals surface area contributed by atoms with Gasteiger partial charge in [0.15, 0.2) is 0 Å². The SMILES string of the molecule is CC1(C)c2c(Cl)cc(Cl)cc2Nc2cccc(OC(F)(F)F)c21. The lowest BCUT2D eigenvalue weighted by Crippen LogP contribution is -2.29. The van der Waals surface area contributed by atoms with Crippen molar-refractivity contribution in [1.82, 2.24) is 0 Å². The van der Waals surface area contributed by atoms with Gasteiger partial charge in [-0.25, -0.2) is 0 Å². The highest BCUT2D eigenvalue weighted by Gasteiger charge is 2.40. The lowest BCUT2D eigenvalue weighted by Gasteiger charge is -2.37. The summed E-state index contributed by atoms with van der Waals surface area (Å²) in [4.78, 5) is 0. The Bertz CT molecular complexity index is 788. The van der Waals surface area contributed by atoms with Crippen molar-refractivity contribution in [2.24, 2.45) is 0 Å². The van der Waals surface area contributed by atoms with Gasteiger partial charge < -0.3 is 10.1 Å². The quantitative estimate of drug-likeness (QED) is 0.645. The second-order valence-corrected chi connectivity index (χ2v) is 6.63. The molecule has 1 aliphatic rings. The molecule has 1 N–H and O–H groups in total. The van der Waals surface area contributed by atoms with Gasteiger partial charge in [0, 0.05) is 38.0 Å². The van der Waals surface area contributed by atoms with E-state index in [4.69, 9.17) is 23.2 Å². The Morgan fingerprint density at radius 1 is 1.04 bits per heavy atom. The Balaban J connectivity index is 2.23. The van der Waals surface area contributed by atoms with E-state index >= 15 is 0 Å². The van der Waals surface area contributed by atoms with Gasteiger partial charge in [-0.15, -0.1) is 13.2 Å². The van der Waals surface area contributed by atoms with Crippen LogP contribution in [0.15, 0.2) is 30.3 Å². The van der Waals surface area contributed by atoms with E-state index in [1.54, 1.807) is 32.0 Å². The van der Waals surface area contributed by atoms with Crippen LogP contribution in [0.25, 0.3) is 0 Å². The summed E-state index contributed by atoms with van der Waals surface area (Å²) in [5.74, 6) is -0.246. The van der Waals surface area contributed by atoms with Gasteiger partial charge >= 0.3 is 6.36 Å². The van der Waals surface area contributed by atoms with E-state index in [9.17, 15) is 13.2 Å². The zero-order chi connectivity index (χ0) is 17.0. The predicted molar refractivity (Wildman–Crippen MR) is 85.0 cm³/mol. The maximum atomic E-state index is 12.7. The molecule has 2 nitrogen and oxygen atoms in total. The molecule has 0 bridgehead atoms. The second kappa shape index (κ2) is 5.21. The minimum atomic E-state index is -4.77. The van der Waals surface area contributed by atoms with E-state index in [1.807, 2.05) is 0 Å². The Morgan fingerprint density at radius 2 is 1.74 bits per heavy atom. The molecule has 0 amide bonds. The predicted octanol–water partition coefficient (Wildman–Crippen LogP) is 6.27. The third-order valence-corrected chi connectivity index (χ3v) is 4.34. The number of hydrogen-bond donors (Lipinski definition) is 1. The van der Waals surface area contributed by atoms with E-state index in [1.165, 1.54) is 12.1 Å². The molecule has 1 aliphatic heterocycles. The summed E-state index contributed by atoms with van der Waals surface area (Å²) in [7, 11) is 0. The fraction of sp³-hybridized carbons (Fsp3) is 0.250. The van der Waals surface area contributed by atoms with Crippen molar-refractivity contribution in [1.29, 1.82) is 0 Å². The van der Waals surface area contributed by atoms with E-state index in [0.29, 0.717) is 32.5 Å². The molecule has 2 aromatic rings. The summed E-state index contributed by atoms with van der Waals surface area (Å²) < 4.78 is 42.3. The van der Waals surface area contributed by atoms with Crippen molar-refractivity contribution in [3.8, 4) is 5.75 Å². The van der Waals surface area contributed by atoms with Crippen LogP contribution in [0.5, 0.6) is 5.75 Å². The van der Waals surface area contributed by atoms with Crippen LogP contribution >= 0.6 is 23.2 Å². The van der Waals surface area contributed by atoms with Gasteiger partial charge in [-0.2, -0.15) is 0 Å². The van der Waals surface area contributed by atoms with Crippen molar-refractivity contribution in [3.05, 3.63) is 51.5 Å². The van der Waals surface area contributed by atoms with Gasteiger partial charge in [0.25, 0.3) is 0 Å². The number of nitrogens with one attached hydrogen (secondary N) is 1. The third-order valence-electron chi connectivity index (χ3n) is 3.83. The van der Waals surface area contributed by atoms with E-state index in [-0.39, 0.29) is 5.75 Å². The summed E-state index contributed by atoms with van der Waals surface area (Å²) in [6.45, 7) is 3.60. The molecular weight excluding hydrogens is 350 g/mol. The molecule has 0 aromatic heterocycles.